The highest BCUT2D eigenvalue weighted by atomic mass is 32.2. The first-order valence-corrected chi connectivity index (χ1v) is 12.3. The monoisotopic (exact) mass is 402 g/mol. The molecule has 6 heteroatoms. The lowest BCUT2D eigenvalue weighted by Crippen LogP contribution is -2.29. The minimum absolute atomic E-state index is 0.191. The first-order chi connectivity index (χ1) is 12.8. The van der Waals surface area contributed by atoms with Gasteiger partial charge in [-0.2, -0.15) is 0 Å². The minimum Gasteiger partial charge on any atom is -0.748 e. The molecule has 1 aromatic rings. The van der Waals surface area contributed by atoms with Gasteiger partial charge in [0.05, 0.1) is 23.7 Å². The number of unbranched alkanes of at least 4 members (excludes halogenated alkanes) is 10. The Labute approximate surface area is 167 Å². The maximum atomic E-state index is 10.3. The van der Waals surface area contributed by atoms with Crippen LogP contribution in [0, 0.1) is 6.92 Å². The largest absolute Gasteiger partial charge is 0.748 e. The molecule has 1 heterocycles. The van der Waals surface area contributed by atoms with Gasteiger partial charge in [0.2, 0.25) is 0 Å². The maximum absolute atomic E-state index is 10.3. The first kappa shape index (κ1) is 26.1. The van der Waals surface area contributed by atoms with E-state index in [2.05, 4.69) is 49.3 Å². The molecule has 0 saturated carbocycles. The van der Waals surface area contributed by atoms with Crippen LogP contribution in [-0.2, 0) is 23.7 Å². The molecule has 0 aliphatic heterocycles. The van der Waals surface area contributed by atoms with Gasteiger partial charge in [0.15, 0.2) is 0 Å². The summed E-state index contributed by atoms with van der Waals surface area (Å²) in [6.45, 7) is 7.74. The molecule has 0 aromatic carbocycles. The molecule has 5 nitrogen and oxygen atoms in total. The van der Waals surface area contributed by atoms with E-state index in [1.165, 1.54) is 63.6 Å². The van der Waals surface area contributed by atoms with Crippen LogP contribution in [0.4, 0.5) is 0 Å². The third-order valence-corrected chi connectivity index (χ3v) is 5.69. The van der Waals surface area contributed by atoms with Crippen LogP contribution < -0.4 is 4.57 Å². The molecule has 27 heavy (non-hydrogen) atoms. The van der Waals surface area contributed by atoms with E-state index in [1.54, 1.807) is 0 Å². The first-order valence-electron chi connectivity index (χ1n) is 10.8. The zero-order valence-corrected chi connectivity index (χ0v) is 18.9. The van der Waals surface area contributed by atoms with E-state index in [0.29, 0.717) is 6.42 Å². The number of aromatic nitrogens is 2. The average molecular weight is 403 g/mol. The zero-order chi connectivity index (χ0) is 20.5. The van der Waals surface area contributed by atoms with Crippen LogP contribution in [-0.4, -0.2) is 23.3 Å². The zero-order valence-electron chi connectivity index (χ0n) is 18.1. The van der Waals surface area contributed by atoms with Gasteiger partial charge < -0.3 is 4.55 Å². The number of hydrogen-bond donors (Lipinski definition) is 0. The maximum Gasteiger partial charge on any atom is 0.253 e. The van der Waals surface area contributed by atoms with E-state index >= 15 is 0 Å². The predicted molar refractivity (Wildman–Crippen MR) is 112 cm³/mol. The van der Waals surface area contributed by atoms with Crippen molar-refractivity contribution in [1.29, 1.82) is 0 Å². The van der Waals surface area contributed by atoms with E-state index in [4.69, 9.17) is 0 Å². The van der Waals surface area contributed by atoms with E-state index < -0.39 is 10.1 Å². The van der Waals surface area contributed by atoms with E-state index in [-0.39, 0.29) is 5.75 Å². The molecular weight excluding hydrogens is 360 g/mol. The van der Waals surface area contributed by atoms with E-state index in [0.717, 1.165) is 19.4 Å². The summed E-state index contributed by atoms with van der Waals surface area (Å²) in [7, 11) is -1.90. The molecule has 160 valence electrons. The van der Waals surface area contributed by atoms with Crippen LogP contribution in [0.5, 0.6) is 0 Å². The lowest BCUT2D eigenvalue weighted by Gasteiger charge is -2.05. The molecule has 0 atom stereocenters. The lowest BCUT2D eigenvalue weighted by atomic mass is 10.1. The molecule has 0 aliphatic carbocycles. The van der Waals surface area contributed by atoms with Crippen molar-refractivity contribution < 1.29 is 17.5 Å². The summed E-state index contributed by atoms with van der Waals surface area (Å²) in [4.78, 5) is 0. The quantitative estimate of drug-likeness (QED) is 0.253. The van der Waals surface area contributed by atoms with Crippen molar-refractivity contribution in [2.75, 3.05) is 5.75 Å². The average Bonchev–Trinajstić information content (AvgIpc) is 2.93. The van der Waals surface area contributed by atoms with Gasteiger partial charge in [0.25, 0.3) is 5.82 Å². The Morgan fingerprint density at radius 1 is 0.889 bits per heavy atom. The van der Waals surface area contributed by atoms with Crippen LogP contribution in [0.3, 0.4) is 0 Å². The van der Waals surface area contributed by atoms with Gasteiger partial charge in [-0.15, -0.1) is 0 Å². The molecule has 0 amide bonds. The Morgan fingerprint density at radius 2 is 1.37 bits per heavy atom. The van der Waals surface area contributed by atoms with Crippen LogP contribution in [0.2, 0.25) is 0 Å². The molecule has 0 N–H and O–H groups in total. The Balaban J connectivity index is 0.000000533. The van der Waals surface area contributed by atoms with Crippen molar-refractivity contribution in [1.82, 2.24) is 4.57 Å². The summed E-state index contributed by atoms with van der Waals surface area (Å²) in [5.74, 6) is 1.14. The van der Waals surface area contributed by atoms with Crippen LogP contribution in [0.25, 0.3) is 0 Å². The normalized spacial score (nSPS) is 11.3. The van der Waals surface area contributed by atoms with Crippen LogP contribution in [0.1, 0.15) is 96.7 Å². The Morgan fingerprint density at radius 3 is 1.78 bits per heavy atom. The summed E-state index contributed by atoms with van der Waals surface area (Å²) in [6, 6.07) is 0. The van der Waals surface area contributed by atoms with Gasteiger partial charge in [-0.3, -0.25) is 0 Å². The van der Waals surface area contributed by atoms with Crippen molar-refractivity contribution in [3.05, 3.63) is 18.2 Å². The Kier molecular flexibility index (Phi) is 15.6. The molecule has 0 aliphatic rings. The SMILES string of the molecule is CCCCCCCCCCCCS(=O)(=O)[O-].CCCCn1cc[n+](C)c1C. The topological polar surface area (TPSA) is 66.0 Å². The fourth-order valence-electron chi connectivity index (χ4n) is 2.93. The summed E-state index contributed by atoms with van der Waals surface area (Å²) in [5, 5.41) is 0. The second kappa shape index (κ2) is 16.1. The lowest BCUT2D eigenvalue weighted by molar-refractivity contribution is -0.677. The standard InChI is InChI=1S/C12H26O3S.C9H17N2/c1-2-3-4-5-6-7-8-9-10-11-12-16(13,14)15;1-4-5-6-11-8-7-10(3)9(11)2/h2-12H2,1H3,(H,13,14,15);7-8H,4-6H2,1-3H3/q;+1/p-1. The highest BCUT2D eigenvalue weighted by Gasteiger charge is 2.06. The molecule has 1 aromatic heterocycles. The fraction of sp³-hybridized carbons (Fsp3) is 0.857. The molecule has 0 radical (unpaired) electrons. The second-order valence-electron chi connectivity index (χ2n) is 7.45. The van der Waals surface area contributed by atoms with Gasteiger partial charge in [0, 0.05) is 12.7 Å². The minimum atomic E-state index is -3.98. The highest BCUT2D eigenvalue weighted by Crippen LogP contribution is 2.10. The van der Waals surface area contributed by atoms with Crippen molar-refractivity contribution in [3.8, 4) is 0 Å². The smallest absolute Gasteiger partial charge is 0.253 e. The van der Waals surface area contributed by atoms with Gasteiger partial charge in [-0.1, -0.05) is 78.1 Å². The summed E-state index contributed by atoms with van der Waals surface area (Å²) in [6.07, 6.45) is 18.2. The van der Waals surface area contributed by atoms with Crippen molar-refractivity contribution in [2.24, 2.45) is 7.05 Å². The molecule has 0 fully saturated rings. The fourth-order valence-corrected chi connectivity index (χ4v) is 3.49. The third kappa shape index (κ3) is 15.8. The molecular formula is C21H42N2O3S. The van der Waals surface area contributed by atoms with Gasteiger partial charge in [0.1, 0.15) is 12.4 Å². The van der Waals surface area contributed by atoms with Crippen LogP contribution >= 0.6 is 0 Å². The number of aryl methyl sites for hydroxylation is 2. The number of rotatable bonds is 14. The second-order valence-corrected chi connectivity index (χ2v) is 8.97. The third-order valence-electron chi connectivity index (χ3n) is 4.90. The number of imidazole rings is 1. The Bertz CT molecular complexity index is 568. The van der Waals surface area contributed by atoms with Gasteiger partial charge in [-0.25, -0.2) is 17.6 Å². The van der Waals surface area contributed by atoms with Crippen molar-refractivity contribution in [2.45, 2.75) is 104 Å². The highest BCUT2D eigenvalue weighted by molar-refractivity contribution is 7.85. The van der Waals surface area contributed by atoms with E-state index in [1.807, 2.05) is 0 Å². The van der Waals surface area contributed by atoms with E-state index in [9.17, 15) is 13.0 Å². The van der Waals surface area contributed by atoms with Crippen molar-refractivity contribution in [3.63, 3.8) is 0 Å². The molecule has 0 spiro atoms. The number of nitrogens with zero attached hydrogens (tertiary/aromatic N) is 2. The summed E-state index contributed by atoms with van der Waals surface area (Å²) in [5.41, 5.74) is 0. The van der Waals surface area contributed by atoms with Gasteiger partial charge >= 0.3 is 0 Å². The number of hydrogen-bond acceptors (Lipinski definition) is 3. The summed E-state index contributed by atoms with van der Waals surface area (Å²) < 4.78 is 35.4. The molecule has 0 bridgehead atoms. The van der Waals surface area contributed by atoms with Gasteiger partial charge in [-0.05, 0) is 12.8 Å². The summed E-state index contributed by atoms with van der Waals surface area (Å²) >= 11 is 0. The predicted octanol–water partition coefficient (Wildman–Crippen LogP) is 4.87. The molecule has 1 rings (SSSR count). The molecule has 0 unspecified atom stereocenters. The Hall–Kier alpha value is -0.880. The molecule has 0 saturated heterocycles. The van der Waals surface area contributed by atoms with Crippen LogP contribution in [0.15, 0.2) is 12.4 Å². The van der Waals surface area contributed by atoms with Crippen molar-refractivity contribution >= 4 is 10.1 Å².